The lowest BCUT2D eigenvalue weighted by molar-refractivity contribution is -0.118. The Morgan fingerprint density at radius 2 is 2.09 bits per heavy atom. The molecule has 1 heterocycles. The number of hydrogen-bond acceptors (Lipinski definition) is 3. The first-order valence-electron chi connectivity index (χ1n) is 8.92. The first kappa shape index (κ1) is 17.7. The summed E-state index contributed by atoms with van der Waals surface area (Å²) in [7, 11) is 0. The van der Waals surface area contributed by atoms with Gasteiger partial charge >= 0.3 is 0 Å². The van der Waals surface area contributed by atoms with Crippen LogP contribution in [0, 0.1) is 0 Å². The van der Waals surface area contributed by atoms with Crippen LogP contribution < -0.4 is 10.6 Å². The van der Waals surface area contributed by atoms with Gasteiger partial charge in [-0.3, -0.25) is 4.79 Å². The van der Waals surface area contributed by atoms with Gasteiger partial charge in [-0.2, -0.15) is 0 Å². The molecule has 1 aliphatic heterocycles. The van der Waals surface area contributed by atoms with Gasteiger partial charge in [-0.05, 0) is 32.6 Å². The van der Waals surface area contributed by atoms with E-state index < -0.39 is 0 Å². The molecule has 128 valence electrons. The first-order valence-corrected chi connectivity index (χ1v) is 8.92. The summed E-state index contributed by atoms with van der Waals surface area (Å²) >= 11 is 0. The number of nitrogens with zero attached hydrogens (tertiary/aromatic N) is 2. The minimum Gasteiger partial charge on any atom is -0.353 e. The summed E-state index contributed by atoms with van der Waals surface area (Å²) in [6.45, 7) is 7.71. The monoisotopic (exact) mass is 318 g/mol. The number of carbonyl (C=O) groups is 1. The molecule has 0 unspecified atom stereocenters. The molecule has 5 heteroatoms. The molecule has 1 amide bonds. The smallest absolute Gasteiger partial charge is 0.254 e. The Labute approximate surface area is 139 Å². The zero-order chi connectivity index (χ0) is 16.5. The first-order chi connectivity index (χ1) is 11.3. The van der Waals surface area contributed by atoms with Crippen LogP contribution >= 0.6 is 0 Å². The Kier molecular flexibility index (Phi) is 7.33. The Hall–Kier alpha value is -1.62. The normalized spacial score (nSPS) is 20.7. The topological polar surface area (TPSA) is 56.7 Å². The number of unbranched alkanes of at least 4 members (excludes halogenated alkanes) is 1. The molecule has 2 fully saturated rings. The summed E-state index contributed by atoms with van der Waals surface area (Å²) in [5.41, 5.74) is 0.735. The molecule has 0 aromatic rings. The summed E-state index contributed by atoms with van der Waals surface area (Å²) in [5.74, 6) is 0.847. The lowest BCUT2D eigenvalue weighted by Crippen LogP contribution is -2.49. The number of amidine groups is 1. The molecule has 0 aromatic carbocycles. The second-order valence-electron chi connectivity index (χ2n) is 6.18. The SMILES string of the molecule is C\C=C/N=C(/C(=C/CCC)C(=O)NC1CCC1)N1CCNCC1. The van der Waals surface area contributed by atoms with E-state index in [1.165, 1.54) is 6.42 Å². The van der Waals surface area contributed by atoms with E-state index in [0.29, 0.717) is 6.04 Å². The van der Waals surface area contributed by atoms with Crippen molar-refractivity contribution in [3.05, 3.63) is 23.9 Å². The molecule has 1 saturated heterocycles. The number of allylic oxidation sites excluding steroid dienone is 2. The van der Waals surface area contributed by atoms with Gasteiger partial charge in [0.15, 0.2) is 0 Å². The van der Waals surface area contributed by atoms with Crippen molar-refractivity contribution < 1.29 is 4.79 Å². The fourth-order valence-corrected chi connectivity index (χ4v) is 2.73. The molecule has 2 N–H and O–H groups in total. The van der Waals surface area contributed by atoms with Gasteiger partial charge in [0.05, 0.1) is 5.57 Å². The molecular weight excluding hydrogens is 288 g/mol. The van der Waals surface area contributed by atoms with Crippen LogP contribution in [0.2, 0.25) is 0 Å². The summed E-state index contributed by atoms with van der Waals surface area (Å²) in [5, 5.41) is 6.52. The van der Waals surface area contributed by atoms with Crippen molar-refractivity contribution in [3.63, 3.8) is 0 Å². The predicted molar refractivity (Wildman–Crippen MR) is 95.5 cm³/mol. The van der Waals surface area contributed by atoms with Crippen molar-refractivity contribution in [2.45, 2.75) is 52.0 Å². The van der Waals surface area contributed by atoms with Crippen LogP contribution in [0.25, 0.3) is 0 Å². The van der Waals surface area contributed by atoms with Crippen LogP contribution in [0.1, 0.15) is 46.0 Å². The second-order valence-corrected chi connectivity index (χ2v) is 6.18. The average molecular weight is 318 g/mol. The molecule has 2 rings (SSSR count). The second kappa shape index (κ2) is 9.50. The molecule has 0 aromatic heterocycles. The van der Waals surface area contributed by atoms with Crippen molar-refractivity contribution in [1.82, 2.24) is 15.5 Å². The van der Waals surface area contributed by atoms with Gasteiger partial charge in [0.2, 0.25) is 0 Å². The third kappa shape index (κ3) is 5.20. The number of piperazine rings is 1. The summed E-state index contributed by atoms with van der Waals surface area (Å²) in [6, 6.07) is 0.346. The molecule has 1 aliphatic carbocycles. The average Bonchev–Trinajstić information content (AvgIpc) is 2.54. The highest BCUT2D eigenvalue weighted by molar-refractivity contribution is 6.20. The fourth-order valence-electron chi connectivity index (χ4n) is 2.73. The summed E-state index contributed by atoms with van der Waals surface area (Å²) < 4.78 is 0. The van der Waals surface area contributed by atoms with Crippen molar-refractivity contribution in [1.29, 1.82) is 0 Å². The minimum absolute atomic E-state index is 0.0323. The van der Waals surface area contributed by atoms with Crippen LogP contribution in [0.15, 0.2) is 28.9 Å². The highest BCUT2D eigenvalue weighted by Crippen LogP contribution is 2.19. The Morgan fingerprint density at radius 3 is 2.65 bits per heavy atom. The van der Waals surface area contributed by atoms with E-state index in [1.54, 1.807) is 6.20 Å². The Balaban J connectivity index is 2.20. The predicted octanol–water partition coefficient (Wildman–Crippen LogP) is 2.22. The van der Waals surface area contributed by atoms with Crippen LogP contribution in [0.4, 0.5) is 0 Å². The molecule has 23 heavy (non-hydrogen) atoms. The number of carbonyl (C=O) groups excluding carboxylic acids is 1. The summed E-state index contributed by atoms with van der Waals surface area (Å²) in [6.07, 6.45) is 11.1. The van der Waals surface area contributed by atoms with Gasteiger partial charge in [-0.15, -0.1) is 0 Å². The van der Waals surface area contributed by atoms with Crippen molar-refractivity contribution >= 4 is 11.7 Å². The van der Waals surface area contributed by atoms with Gasteiger partial charge < -0.3 is 15.5 Å². The van der Waals surface area contributed by atoms with Gasteiger partial charge in [0, 0.05) is 38.4 Å². The molecule has 0 spiro atoms. The maximum atomic E-state index is 12.8. The third-order valence-corrected chi connectivity index (χ3v) is 4.33. The summed E-state index contributed by atoms with van der Waals surface area (Å²) in [4.78, 5) is 19.6. The molecule has 5 nitrogen and oxygen atoms in total. The van der Waals surface area contributed by atoms with E-state index in [9.17, 15) is 4.79 Å². The van der Waals surface area contributed by atoms with Gasteiger partial charge in [0.25, 0.3) is 5.91 Å². The fraction of sp³-hybridized carbons (Fsp3) is 0.667. The van der Waals surface area contributed by atoms with E-state index in [4.69, 9.17) is 0 Å². The number of rotatable bonds is 6. The number of hydrogen-bond donors (Lipinski definition) is 2. The molecule has 0 atom stereocenters. The molecular formula is C18H30N4O. The maximum Gasteiger partial charge on any atom is 0.254 e. The zero-order valence-electron chi connectivity index (χ0n) is 14.5. The van der Waals surface area contributed by atoms with Crippen LogP contribution in [0.5, 0.6) is 0 Å². The Morgan fingerprint density at radius 1 is 1.35 bits per heavy atom. The minimum atomic E-state index is 0.0323. The van der Waals surface area contributed by atoms with Crippen molar-refractivity contribution in [2.75, 3.05) is 26.2 Å². The molecule has 2 aliphatic rings. The van der Waals surface area contributed by atoms with Gasteiger partial charge in [-0.1, -0.05) is 25.5 Å². The number of aliphatic imine (C=N–C) groups is 1. The van der Waals surface area contributed by atoms with E-state index in [-0.39, 0.29) is 5.91 Å². The largest absolute Gasteiger partial charge is 0.353 e. The number of amides is 1. The number of nitrogens with one attached hydrogen (secondary N) is 2. The van der Waals surface area contributed by atoms with E-state index >= 15 is 0 Å². The van der Waals surface area contributed by atoms with E-state index in [0.717, 1.165) is 63.3 Å². The quantitative estimate of drug-likeness (QED) is 0.448. The van der Waals surface area contributed by atoms with Crippen LogP contribution in [-0.2, 0) is 4.79 Å². The van der Waals surface area contributed by atoms with Gasteiger partial charge in [0.1, 0.15) is 5.84 Å². The lowest BCUT2D eigenvalue weighted by Gasteiger charge is -2.32. The highest BCUT2D eigenvalue weighted by Gasteiger charge is 2.26. The third-order valence-electron chi connectivity index (χ3n) is 4.33. The van der Waals surface area contributed by atoms with Crippen LogP contribution in [0.3, 0.4) is 0 Å². The van der Waals surface area contributed by atoms with Crippen molar-refractivity contribution in [2.24, 2.45) is 4.99 Å². The van der Waals surface area contributed by atoms with Gasteiger partial charge in [-0.25, -0.2) is 4.99 Å². The molecule has 1 saturated carbocycles. The molecule has 0 radical (unpaired) electrons. The standard InChI is InChI=1S/C18H30N4O/c1-3-5-9-16(18(23)21-15-7-6-8-15)17(20-10-4-2)22-13-11-19-12-14-22/h4,9-10,15,19H,3,5-8,11-14H2,1-2H3,(H,21,23)/b10-4-,16-9-,20-17-. The highest BCUT2D eigenvalue weighted by atomic mass is 16.1. The maximum absolute atomic E-state index is 12.8. The molecule has 0 bridgehead atoms. The van der Waals surface area contributed by atoms with Crippen molar-refractivity contribution in [3.8, 4) is 0 Å². The van der Waals surface area contributed by atoms with E-state index in [1.807, 2.05) is 13.0 Å². The Bertz CT molecular complexity index is 471. The lowest BCUT2D eigenvalue weighted by atomic mass is 9.92. The zero-order valence-corrected chi connectivity index (χ0v) is 14.5. The van der Waals surface area contributed by atoms with E-state index in [2.05, 4.69) is 33.5 Å². The van der Waals surface area contributed by atoms with Crippen LogP contribution in [-0.4, -0.2) is 48.9 Å².